The number of phenols is 1. The molecule has 0 aliphatic heterocycles. The minimum absolute atomic E-state index is 0.346. The van der Waals surface area contributed by atoms with E-state index in [1.807, 2.05) is 30.3 Å². The Kier molecular flexibility index (Phi) is 4.05. The Hall–Kier alpha value is -1.03. The molecule has 0 aromatic heterocycles. The average molecular weight is 338 g/mol. The molecule has 0 spiro atoms. The van der Waals surface area contributed by atoms with Crippen LogP contribution in [-0.4, -0.2) is 9.53 Å². The van der Waals surface area contributed by atoms with Crippen LogP contribution < -0.4 is 0 Å². The molecule has 1 N–H and O–H groups in total. The van der Waals surface area contributed by atoms with Crippen molar-refractivity contribution in [1.29, 1.82) is 0 Å². The van der Waals surface area contributed by atoms with E-state index in [0.29, 0.717) is 5.75 Å². The molecule has 2 heteroatoms. The first-order valence-corrected chi connectivity index (χ1v) is 7.19. The summed E-state index contributed by atoms with van der Waals surface area (Å²) >= 11 is 2.39. The normalized spacial score (nSPS) is 10.5. The molecule has 0 fully saturated rings. The van der Waals surface area contributed by atoms with Crippen LogP contribution in [0.15, 0.2) is 42.5 Å². The summed E-state index contributed by atoms with van der Waals surface area (Å²) in [5.74, 6) is 0.346. The van der Waals surface area contributed by atoms with Crippen molar-refractivity contribution in [2.75, 3.05) is 4.43 Å². The van der Waals surface area contributed by atoms with Crippen LogP contribution in [-0.2, 0) is 6.42 Å². The summed E-state index contributed by atoms with van der Waals surface area (Å²) in [7, 11) is 0. The number of alkyl halides is 1. The lowest BCUT2D eigenvalue weighted by molar-refractivity contribution is 0.475. The second-order valence-electron chi connectivity index (χ2n) is 4.09. The van der Waals surface area contributed by atoms with Crippen LogP contribution in [0.2, 0.25) is 0 Å². The Balaban J connectivity index is 2.59. The summed E-state index contributed by atoms with van der Waals surface area (Å²) in [6.07, 6.45) is 1.04. The van der Waals surface area contributed by atoms with Crippen molar-refractivity contribution >= 4 is 22.6 Å². The highest BCUT2D eigenvalue weighted by Crippen LogP contribution is 2.30. The first-order chi connectivity index (χ1) is 8.22. The van der Waals surface area contributed by atoms with E-state index < -0.39 is 0 Å². The Labute approximate surface area is 116 Å². The quantitative estimate of drug-likeness (QED) is 0.652. The fourth-order valence-corrected chi connectivity index (χ4v) is 2.64. The maximum absolute atomic E-state index is 9.75. The van der Waals surface area contributed by atoms with Crippen molar-refractivity contribution in [3.63, 3.8) is 0 Å². The second kappa shape index (κ2) is 5.54. The zero-order valence-corrected chi connectivity index (χ0v) is 11.9. The highest BCUT2D eigenvalue weighted by molar-refractivity contribution is 14.1. The van der Waals surface area contributed by atoms with E-state index in [1.165, 1.54) is 16.7 Å². The van der Waals surface area contributed by atoms with Gasteiger partial charge >= 0.3 is 0 Å². The molecule has 2 rings (SSSR count). The van der Waals surface area contributed by atoms with E-state index in [2.05, 4.69) is 41.6 Å². The van der Waals surface area contributed by atoms with Crippen molar-refractivity contribution in [1.82, 2.24) is 0 Å². The van der Waals surface area contributed by atoms with Crippen molar-refractivity contribution < 1.29 is 5.11 Å². The number of aryl methyl sites for hydroxylation is 1. The third-order valence-electron chi connectivity index (χ3n) is 2.89. The Morgan fingerprint density at radius 3 is 2.47 bits per heavy atom. The highest BCUT2D eigenvalue weighted by atomic mass is 127. The number of halogens is 1. The van der Waals surface area contributed by atoms with Gasteiger partial charge in [-0.25, -0.2) is 0 Å². The van der Waals surface area contributed by atoms with Crippen molar-refractivity contribution in [2.24, 2.45) is 0 Å². The first kappa shape index (κ1) is 12.4. The highest BCUT2D eigenvalue weighted by Gasteiger charge is 2.09. The monoisotopic (exact) mass is 338 g/mol. The number of phenolic OH excluding ortho intramolecular Hbond substituents is 1. The largest absolute Gasteiger partial charge is 0.508 e. The van der Waals surface area contributed by atoms with Gasteiger partial charge in [0.1, 0.15) is 5.75 Å². The second-order valence-corrected chi connectivity index (χ2v) is 5.17. The van der Waals surface area contributed by atoms with Gasteiger partial charge in [-0.15, -0.1) is 0 Å². The van der Waals surface area contributed by atoms with Gasteiger partial charge in [0.05, 0.1) is 0 Å². The summed E-state index contributed by atoms with van der Waals surface area (Å²) < 4.78 is 1.09. The lowest BCUT2D eigenvalue weighted by Gasteiger charge is -2.13. The van der Waals surface area contributed by atoms with Gasteiger partial charge < -0.3 is 5.11 Å². The zero-order chi connectivity index (χ0) is 12.3. The lowest BCUT2D eigenvalue weighted by atomic mass is 9.94. The van der Waals surface area contributed by atoms with Crippen molar-refractivity contribution in [3.8, 4) is 16.9 Å². The molecular weight excluding hydrogens is 323 g/mol. The van der Waals surface area contributed by atoms with Crippen LogP contribution in [0.3, 0.4) is 0 Å². The van der Waals surface area contributed by atoms with Crippen molar-refractivity contribution in [2.45, 2.75) is 13.3 Å². The standard InChI is InChI=1S/C15H15IO/c1-11-9-13(17)10-15(14(11)7-8-16)12-5-3-2-4-6-12/h2-6,9-10,17H,7-8H2,1H3. The number of benzene rings is 2. The van der Waals surface area contributed by atoms with Crippen molar-refractivity contribution in [3.05, 3.63) is 53.6 Å². The fourth-order valence-electron chi connectivity index (χ4n) is 2.10. The van der Waals surface area contributed by atoms with Crippen LogP contribution in [0.5, 0.6) is 5.75 Å². The number of hydrogen-bond acceptors (Lipinski definition) is 1. The molecule has 2 aromatic rings. The topological polar surface area (TPSA) is 20.2 Å². The number of hydrogen-bond donors (Lipinski definition) is 1. The molecule has 88 valence electrons. The van der Waals surface area contributed by atoms with Crippen LogP contribution in [0.25, 0.3) is 11.1 Å². The van der Waals surface area contributed by atoms with E-state index in [-0.39, 0.29) is 0 Å². The molecule has 17 heavy (non-hydrogen) atoms. The van der Waals surface area contributed by atoms with Gasteiger partial charge in [-0.05, 0) is 47.7 Å². The maximum Gasteiger partial charge on any atom is 0.116 e. The van der Waals surface area contributed by atoms with Gasteiger partial charge in [0.25, 0.3) is 0 Å². The maximum atomic E-state index is 9.75. The van der Waals surface area contributed by atoms with Crippen LogP contribution in [0.1, 0.15) is 11.1 Å². The van der Waals surface area contributed by atoms with Gasteiger partial charge in [-0.2, -0.15) is 0 Å². The number of aromatic hydroxyl groups is 1. The fraction of sp³-hybridized carbons (Fsp3) is 0.200. The Morgan fingerprint density at radius 1 is 1.12 bits per heavy atom. The van der Waals surface area contributed by atoms with E-state index in [1.54, 1.807) is 0 Å². The first-order valence-electron chi connectivity index (χ1n) is 5.66. The predicted octanol–water partition coefficient (Wildman–Crippen LogP) is 4.35. The average Bonchev–Trinajstić information content (AvgIpc) is 2.33. The molecule has 2 aromatic carbocycles. The minimum atomic E-state index is 0.346. The van der Waals surface area contributed by atoms with Crippen LogP contribution in [0, 0.1) is 6.92 Å². The minimum Gasteiger partial charge on any atom is -0.508 e. The summed E-state index contributed by atoms with van der Waals surface area (Å²) in [5, 5.41) is 9.75. The molecule has 0 heterocycles. The molecule has 1 nitrogen and oxygen atoms in total. The SMILES string of the molecule is Cc1cc(O)cc(-c2ccccc2)c1CCI. The van der Waals surface area contributed by atoms with Crippen LogP contribution in [0.4, 0.5) is 0 Å². The summed E-state index contributed by atoms with van der Waals surface area (Å²) in [6, 6.07) is 14.0. The molecule has 0 aliphatic rings. The predicted molar refractivity (Wildman–Crippen MR) is 80.9 cm³/mol. The zero-order valence-electron chi connectivity index (χ0n) is 9.78. The summed E-state index contributed by atoms with van der Waals surface area (Å²) in [5.41, 5.74) is 4.83. The molecule has 0 unspecified atom stereocenters. The van der Waals surface area contributed by atoms with E-state index in [9.17, 15) is 5.11 Å². The molecule has 0 saturated carbocycles. The van der Waals surface area contributed by atoms with Gasteiger partial charge in [-0.1, -0.05) is 52.9 Å². The smallest absolute Gasteiger partial charge is 0.116 e. The van der Waals surface area contributed by atoms with E-state index >= 15 is 0 Å². The summed E-state index contributed by atoms with van der Waals surface area (Å²) in [6.45, 7) is 2.06. The molecule has 0 amide bonds. The lowest BCUT2D eigenvalue weighted by Crippen LogP contribution is -1.95. The Bertz CT molecular complexity index is 506. The van der Waals surface area contributed by atoms with E-state index in [4.69, 9.17) is 0 Å². The molecule has 0 radical (unpaired) electrons. The molecule has 0 bridgehead atoms. The Morgan fingerprint density at radius 2 is 1.82 bits per heavy atom. The van der Waals surface area contributed by atoms with Gasteiger partial charge in [0, 0.05) is 4.43 Å². The molecule has 0 saturated heterocycles. The molecular formula is C15H15IO. The van der Waals surface area contributed by atoms with Gasteiger partial charge in [-0.3, -0.25) is 0 Å². The number of rotatable bonds is 3. The van der Waals surface area contributed by atoms with E-state index in [0.717, 1.165) is 16.4 Å². The van der Waals surface area contributed by atoms with Crippen LogP contribution >= 0.6 is 22.6 Å². The molecule has 0 aliphatic carbocycles. The van der Waals surface area contributed by atoms with Gasteiger partial charge in [0.2, 0.25) is 0 Å². The third kappa shape index (κ3) is 2.80. The molecule has 0 atom stereocenters. The third-order valence-corrected chi connectivity index (χ3v) is 3.43. The summed E-state index contributed by atoms with van der Waals surface area (Å²) in [4.78, 5) is 0. The van der Waals surface area contributed by atoms with Gasteiger partial charge in [0.15, 0.2) is 0 Å².